The summed E-state index contributed by atoms with van der Waals surface area (Å²) in [5.74, 6) is -0.160. The van der Waals surface area contributed by atoms with Gasteiger partial charge < -0.3 is 20.1 Å². The van der Waals surface area contributed by atoms with E-state index < -0.39 is 17.1 Å². The van der Waals surface area contributed by atoms with Gasteiger partial charge in [0.25, 0.3) is 11.5 Å². The zero-order valence-electron chi connectivity index (χ0n) is 20.4. The van der Waals surface area contributed by atoms with E-state index >= 15 is 0 Å². The number of aromatic nitrogens is 1. The minimum atomic E-state index is -0.542. The van der Waals surface area contributed by atoms with Crippen molar-refractivity contribution in [3.05, 3.63) is 76.1 Å². The summed E-state index contributed by atoms with van der Waals surface area (Å²) in [4.78, 5) is 29.1. The average molecular weight is 488 g/mol. The first-order chi connectivity index (χ1) is 17.4. The maximum Gasteiger partial charge on any atom is 0.268 e. The van der Waals surface area contributed by atoms with Crippen LogP contribution in [-0.2, 0) is 6.54 Å². The van der Waals surface area contributed by atoms with Crippen LogP contribution in [0.15, 0.2) is 59.4 Å². The summed E-state index contributed by atoms with van der Waals surface area (Å²) in [6.07, 6.45) is 5.76. The molecule has 7 nitrogen and oxygen atoms in total. The van der Waals surface area contributed by atoms with E-state index in [9.17, 15) is 19.8 Å². The molecular weight excluding hydrogens is 454 g/mol. The summed E-state index contributed by atoms with van der Waals surface area (Å²) in [6.45, 7) is 1.60. The number of hydrogen-bond donors (Lipinski definition) is 3. The number of aliphatic hydroxyl groups is 1. The SMILES string of the molecule is O=C(NCCCN1C2CC3CC1CC(O)(C3)C2)c1c(O)c2ccccc2n(Cc2ccccc2)c1=O. The van der Waals surface area contributed by atoms with E-state index in [1.165, 1.54) is 0 Å². The van der Waals surface area contributed by atoms with E-state index in [-0.39, 0.29) is 11.3 Å². The standard InChI is InChI=1S/C29H33N3O4/c33-26-23-9-4-5-10-24(23)32(18-19-7-2-1-3-8-19)28(35)25(26)27(34)30-11-6-12-31-21-13-20-14-22(31)17-29(36,15-20)16-21/h1-5,7-10,20-22,33,36H,6,11-18H2,(H,30,34). The number of carbonyl (C=O) groups excluding carboxylic acids is 1. The molecule has 36 heavy (non-hydrogen) atoms. The zero-order valence-corrected chi connectivity index (χ0v) is 20.4. The van der Waals surface area contributed by atoms with E-state index in [1.807, 2.05) is 36.4 Å². The number of para-hydroxylation sites is 1. The zero-order chi connectivity index (χ0) is 24.9. The number of benzene rings is 2. The highest BCUT2D eigenvalue weighted by Gasteiger charge is 2.53. The van der Waals surface area contributed by atoms with E-state index in [4.69, 9.17) is 0 Å². The number of fused-ring (bicyclic) bond motifs is 1. The molecular formula is C29H33N3O4. The van der Waals surface area contributed by atoms with Gasteiger partial charge in [0, 0.05) is 30.6 Å². The molecule has 2 saturated heterocycles. The van der Waals surface area contributed by atoms with Gasteiger partial charge in [-0.15, -0.1) is 0 Å². The minimum Gasteiger partial charge on any atom is -0.506 e. The summed E-state index contributed by atoms with van der Waals surface area (Å²) >= 11 is 0. The molecule has 1 aromatic heterocycles. The second kappa shape index (κ2) is 9.05. The first kappa shape index (κ1) is 23.3. The van der Waals surface area contributed by atoms with Crippen LogP contribution in [-0.4, -0.2) is 56.4 Å². The first-order valence-corrected chi connectivity index (χ1v) is 13.1. The molecule has 188 valence electrons. The van der Waals surface area contributed by atoms with Gasteiger partial charge in [0.1, 0.15) is 11.3 Å². The number of nitrogens with one attached hydrogen (secondary N) is 1. The Hall–Kier alpha value is -3.16. The van der Waals surface area contributed by atoms with Crippen molar-refractivity contribution in [3.63, 3.8) is 0 Å². The van der Waals surface area contributed by atoms with Gasteiger partial charge in [-0.1, -0.05) is 42.5 Å². The van der Waals surface area contributed by atoms with Crippen molar-refractivity contribution < 1.29 is 15.0 Å². The van der Waals surface area contributed by atoms with Crippen LogP contribution in [0.4, 0.5) is 0 Å². The molecule has 2 aromatic carbocycles. The summed E-state index contributed by atoms with van der Waals surface area (Å²) in [7, 11) is 0. The Kier molecular flexibility index (Phi) is 5.85. The van der Waals surface area contributed by atoms with Gasteiger partial charge in [0.15, 0.2) is 0 Å². The van der Waals surface area contributed by atoms with Crippen LogP contribution in [0.25, 0.3) is 10.9 Å². The summed E-state index contributed by atoms with van der Waals surface area (Å²) in [5, 5.41) is 25.1. The normalized spacial score (nSPS) is 27.0. The number of hydrogen-bond acceptors (Lipinski definition) is 5. The van der Waals surface area contributed by atoms with Crippen molar-refractivity contribution in [2.75, 3.05) is 13.1 Å². The molecule has 3 heterocycles. The third kappa shape index (κ3) is 4.10. The van der Waals surface area contributed by atoms with Crippen LogP contribution in [0.3, 0.4) is 0 Å². The molecule has 0 spiro atoms. The lowest BCUT2D eigenvalue weighted by Crippen LogP contribution is -2.64. The molecule has 2 unspecified atom stereocenters. The van der Waals surface area contributed by atoms with Gasteiger partial charge >= 0.3 is 0 Å². The molecule has 2 saturated carbocycles. The van der Waals surface area contributed by atoms with Crippen molar-refractivity contribution in [1.29, 1.82) is 0 Å². The van der Waals surface area contributed by atoms with Crippen molar-refractivity contribution in [3.8, 4) is 5.75 Å². The number of rotatable bonds is 7. The van der Waals surface area contributed by atoms with Crippen LogP contribution in [0.2, 0.25) is 0 Å². The van der Waals surface area contributed by atoms with Gasteiger partial charge in [0.05, 0.1) is 17.7 Å². The van der Waals surface area contributed by atoms with E-state index in [0.29, 0.717) is 42.0 Å². The van der Waals surface area contributed by atoms with Gasteiger partial charge in [-0.2, -0.15) is 0 Å². The minimum absolute atomic E-state index is 0.207. The Bertz CT molecular complexity index is 1340. The van der Waals surface area contributed by atoms with E-state index in [1.54, 1.807) is 22.8 Å². The van der Waals surface area contributed by atoms with Crippen molar-refractivity contribution in [2.45, 2.75) is 62.8 Å². The van der Waals surface area contributed by atoms with Gasteiger partial charge in [-0.25, -0.2) is 0 Å². The lowest BCUT2D eigenvalue weighted by Gasteiger charge is -2.60. The highest BCUT2D eigenvalue weighted by molar-refractivity contribution is 6.02. The highest BCUT2D eigenvalue weighted by atomic mass is 16.3. The lowest BCUT2D eigenvalue weighted by atomic mass is 9.61. The number of amides is 1. The smallest absolute Gasteiger partial charge is 0.268 e. The monoisotopic (exact) mass is 487 g/mol. The second-order valence-electron chi connectivity index (χ2n) is 10.9. The van der Waals surface area contributed by atoms with Crippen LogP contribution in [0.5, 0.6) is 5.75 Å². The van der Waals surface area contributed by atoms with Crippen molar-refractivity contribution in [2.24, 2.45) is 5.92 Å². The summed E-state index contributed by atoms with van der Waals surface area (Å²) in [5.41, 5.74) is 0.370. The molecule has 2 aliphatic carbocycles. The molecule has 3 N–H and O–H groups in total. The molecule has 1 amide bonds. The number of carbonyl (C=O) groups is 1. The van der Waals surface area contributed by atoms with Crippen LogP contribution in [0, 0.1) is 5.92 Å². The van der Waals surface area contributed by atoms with E-state index in [0.717, 1.165) is 50.6 Å². The molecule has 2 aliphatic heterocycles. The molecule has 3 aromatic rings. The fourth-order valence-corrected chi connectivity index (χ4v) is 7.10. The quantitative estimate of drug-likeness (QED) is 0.445. The van der Waals surface area contributed by atoms with Gasteiger partial charge in [-0.3, -0.25) is 14.5 Å². The third-order valence-electron chi connectivity index (χ3n) is 8.48. The first-order valence-electron chi connectivity index (χ1n) is 13.1. The fraction of sp³-hybridized carbons (Fsp3) is 0.448. The van der Waals surface area contributed by atoms with Crippen LogP contribution < -0.4 is 10.9 Å². The maximum absolute atomic E-state index is 13.4. The van der Waals surface area contributed by atoms with E-state index in [2.05, 4.69) is 10.2 Å². The molecule has 4 fully saturated rings. The predicted octanol–water partition coefficient (Wildman–Crippen LogP) is 3.25. The lowest BCUT2D eigenvalue weighted by molar-refractivity contribution is -0.157. The molecule has 7 heteroatoms. The molecule has 7 rings (SSSR count). The Morgan fingerprint density at radius 1 is 1.00 bits per heavy atom. The number of piperidine rings is 2. The molecule has 2 atom stereocenters. The van der Waals surface area contributed by atoms with Crippen molar-refractivity contribution >= 4 is 16.8 Å². The summed E-state index contributed by atoms with van der Waals surface area (Å²) in [6, 6.07) is 17.6. The van der Waals surface area contributed by atoms with Gasteiger partial charge in [-0.05, 0) is 62.1 Å². The largest absolute Gasteiger partial charge is 0.506 e. The Morgan fingerprint density at radius 3 is 2.42 bits per heavy atom. The third-order valence-corrected chi connectivity index (χ3v) is 8.48. The highest BCUT2D eigenvalue weighted by Crippen LogP contribution is 2.51. The molecule has 4 aliphatic rings. The number of aromatic hydroxyl groups is 1. The average Bonchev–Trinajstić information content (AvgIpc) is 2.85. The Morgan fingerprint density at radius 2 is 1.69 bits per heavy atom. The fourth-order valence-electron chi connectivity index (χ4n) is 7.10. The van der Waals surface area contributed by atoms with Crippen molar-refractivity contribution in [1.82, 2.24) is 14.8 Å². The second-order valence-corrected chi connectivity index (χ2v) is 10.9. The van der Waals surface area contributed by atoms with Crippen LogP contribution in [0.1, 0.15) is 54.4 Å². The van der Waals surface area contributed by atoms with Crippen LogP contribution >= 0.6 is 0 Å². The predicted molar refractivity (Wildman–Crippen MR) is 138 cm³/mol. The topological polar surface area (TPSA) is 94.8 Å². The molecule has 0 radical (unpaired) electrons. The summed E-state index contributed by atoms with van der Waals surface area (Å²) < 4.78 is 1.56. The Balaban J connectivity index is 1.17. The number of pyridine rings is 1. The Labute approximate surface area is 210 Å². The van der Waals surface area contributed by atoms with Gasteiger partial charge in [0.2, 0.25) is 0 Å². The number of nitrogens with zero attached hydrogens (tertiary/aromatic N) is 2. The molecule has 4 bridgehead atoms. The maximum atomic E-state index is 13.4.